The van der Waals surface area contributed by atoms with Gasteiger partial charge in [-0.1, -0.05) is 18.7 Å². The zero-order chi connectivity index (χ0) is 10.6. The summed E-state index contributed by atoms with van der Waals surface area (Å²) in [6, 6.07) is 3.78. The lowest BCUT2D eigenvalue weighted by Gasteiger charge is -2.04. The summed E-state index contributed by atoms with van der Waals surface area (Å²) in [5.41, 5.74) is 0.554. The van der Waals surface area contributed by atoms with Gasteiger partial charge in [0.25, 0.3) is 0 Å². The fraction of sp³-hybridized carbons (Fsp3) is 0.333. The van der Waals surface area contributed by atoms with Gasteiger partial charge in [0.15, 0.2) is 0 Å². The molecule has 0 aliphatic rings. The lowest BCUT2D eigenvalue weighted by atomic mass is 10.4. The van der Waals surface area contributed by atoms with Crippen LogP contribution in [0.5, 0.6) is 0 Å². The molecule has 0 bridgehead atoms. The summed E-state index contributed by atoms with van der Waals surface area (Å²) in [6.45, 7) is 2.06. The number of nitrogens with zero attached hydrogens (tertiary/aromatic N) is 1. The molecule has 0 N–H and O–H groups in total. The zero-order valence-corrected chi connectivity index (χ0v) is 11.1. The van der Waals surface area contributed by atoms with E-state index < -0.39 is 0 Å². The van der Waals surface area contributed by atoms with Crippen LogP contribution >= 0.6 is 39.5 Å². The third-order valence-electron chi connectivity index (χ3n) is 1.50. The fourth-order valence-electron chi connectivity index (χ4n) is 0.937. The van der Waals surface area contributed by atoms with Crippen molar-refractivity contribution in [3.8, 4) is 0 Å². The second kappa shape index (κ2) is 5.78. The minimum atomic E-state index is 0.0160. The van der Waals surface area contributed by atoms with Gasteiger partial charge in [0.1, 0.15) is 10.3 Å². The van der Waals surface area contributed by atoms with Crippen LogP contribution in [0.3, 0.4) is 0 Å². The highest BCUT2D eigenvalue weighted by atomic mass is 79.9. The number of rotatable bonds is 3. The van der Waals surface area contributed by atoms with Crippen LogP contribution in [-0.2, 0) is 0 Å². The van der Waals surface area contributed by atoms with E-state index in [1.807, 2.05) is 12.1 Å². The summed E-state index contributed by atoms with van der Waals surface area (Å²) in [5, 5.41) is 0.0160. The molecule has 1 aromatic heterocycles. The van der Waals surface area contributed by atoms with E-state index in [0.29, 0.717) is 10.3 Å². The predicted molar refractivity (Wildman–Crippen MR) is 66.2 cm³/mol. The summed E-state index contributed by atoms with van der Waals surface area (Å²) >= 11 is 6.09. The molecule has 0 saturated carbocycles. The van der Waals surface area contributed by atoms with Crippen LogP contribution in [0, 0.1) is 0 Å². The first-order valence-corrected chi connectivity index (χ1v) is 7.07. The van der Waals surface area contributed by atoms with Gasteiger partial charge in [-0.05, 0) is 40.1 Å². The highest BCUT2D eigenvalue weighted by molar-refractivity contribution is 9.10. The number of carbonyl (C=O) groups excluding carboxylic acids is 1. The molecule has 0 aliphatic heterocycles. The molecule has 1 aromatic rings. The average molecular weight is 292 g/mol. The van der Waals surface area contributed by atoms with E-state index in [1.165, 1.54) is 11.8 Å². The number of pyridine rings is 1. The molecular formula is C9H10BrNOS2. The normalized spacial score (nSPS) is 10.2. The third kappa shape index (κ3) is 3.00. The lowest BCUT2D eigenvalue weighted by molar-refractivity contribution is 0.108. The van der Waals surface area contributed by atoms with E-state index in [9.17, 15) is 4.79 Å². The first kappa shape index (κ1) is 12.1. The first-order valence-electron chi connectivity index (χ1n) is 4.06. The summed E-state index contributed by atoms with van der Waals surface area (Å²) < 4.78 is 0.704. The molecule has 0 saturated heterocycles. The summed E-state index contributed by atoms with van der Waals surface area (Å²) in [6.07, 6.45) is 1.77. The molecule has 0 unspecified atom stereocenters. The Hall–Kier alpha value is -0.000000000000000111. The van der Waals surface area contributed by atoms with Crippen molar-refractivity contribution in [2.75, 3.05) is 12.0 Å². The van der Waals surface area contributed by atoms with Gasteiger partial charge >= 0.3 is 0 Å². The quantitative estimate of drug-likeness (QED) is 0.630. The van der Waals surface area contributed by atoms with Crippen LogP contribution < -0.4 is 0 Å². The molecule has 0 aliphatic carbocycles. The van der Waals surface area contributed by atoms with E-state index in [1.54, 1.807) is 18.0 Å². The van der Waals surface area contributed by atoms with Crippen molar-refractivity contribution in [1.82, 2.24) is 4.98 Å². The molecule has 2 nitrogen and oxygen atoms in total. The smallest absolute Gasteiger partial charge is 0.238 e. The van der Waals surface area contributed by atoms with Crippen LogP contribution in [0.4, 0.5) is 0 Å². The summed E-state index contributed by atoms with van der Waals surface area (Å²) in [4.78, 5) is 16.7. The van der Waals surface area contributed by atoms with Crippen molar-refractivity contribution in [3.63, 3.8) is 0 Å². The van der Waals surface area contributed by atoms with Crippen molar-refractivity contribution in [2.45, 2.75) is 11.8 Å². The molecule has 0 amide bonds. The third-order valence-corrected chi connectivity index (χ3v) is 3.44. The molecule has 0 radical (unpaired) electrons. The SMILES string of the molecule is CCSc1ccc(Br)nc1C(=O)SC. The van der Waals surface area contributed by atoms with Crippen LogP contribution in [0.1, 0.15) is 17.4 Å². The zero-order valence-electron chi connectivity index (χ0n) is 7.91. The minimum absolute atomic E-state index is 0.0160. The number of hydrogen-bond donors (Lipinski definition) is 0. The van der Waals surface area contributed by atoms with E-state index >= 15 is 0 Å². The Morgan fingerprint density at radius 3 is 2.86 bits per heavy atom. The molecule has 0 spiro atoms. The van der Waals surface area contributed by atoms with Crippen LogP contribution in [0.2, 0.25) is 0 Å². The Labute approximate surface area is 100 Å². The van der Waals surface area contributed by atoms with Gasteiger partial charge < -0.3 is 0 Å². The Kier molecular flexibility index (Phi) is 4.98. The number of hydrogen-bond acceptors (Lipinski definition) is 4. The molecular weight excluding hydrogens is 282 g/mol. The molecule has 76 valence electrons. The maximum atomic E-state index is 11.5. The largest absolute Gasteiger partial charge is 0.280 e. The van der Waals surface area contributed by atoms with Crippen molar-refractivity contribution < 1.29 is 4.79 Å². The standard InChI is InChI=1S/C9H10BrNOS2/c1-3-14-6-4-5-7(10)11-8(6)9(12)13-2/h4-5H,3H2,1-2H3. The van der Waals surface area contributed by atoms with Crippen LogP contribution in [0.15, 0.2) is 21.6 Å². The molecule has 0 aromatic carbocycles. The monoisotopic (exact) mass is 291 g/mol. The highest BCUT2D eigenvalue weighted by Crippen LogP contribution is 2.25. The molecule has 5 heteroatoms. The predicted octanol–water partition coefficient (Wildman–Crippen LogP) is 3.46. The Morgan fingerprint density at radius 2 is 2.29 bits per heavy atom. The molecule has 0 atom stereocenters. The van der Waals surface area contributed by atoms with Crippen LogP contribution in [-0.4, -0.2) is 22.1 Å². The van der Waals surface area contributed by atoms with E-state index in [-0.39, 0.29) is 5.12 Å². The Balaban J connectivity index is 3.08. The van der Waals surface area contributed by atoms with Crippen LogP contribution in [0.25, 0.3) is 0 Å². The number of halogens is 1. The highest BCUT2D eigenvalue weighted by Gasteiger charge is 2.12. The second-order valence-corrected chi connectivity index (χ2v) is 5.30. The number of aromatic nitrogens is 1. The van der Waals surface area contributed by atoms with Crippen molar-refractivity contribution in [1.29, 1.82) is 0 Å². The molecule has 0 fully saturated rings. The van der Waals surface area contributed by atoms with E-state index in [2.05, 4.69) is 27.8 Å². The molecule has 1 rings (SSSR count). The fourth-order valence-corrected chi connectivity index (χ4v) is 2.41. The Bertz CT molecular complexity index is 344. The Morgan fingerprint density at radius 1 is 1.57 bits per heavy atom. The van der Waals surface area contributed by atoms with Gasteiger partial charge in [0, 0.05) is 4.90 Å². The van der Waals surface area contributed by atoms with Gasteiger partial charge in [-0.3, -0.25) is 4.79 Å². The van der Waals surface area contributed by atoms with Gasteiger partial charge in [0.05, 0.1) is 0 Å². The van der Waals surface area contributed by atoms with Gasteiger partial charge in [-0.15, -0.1) is 11.8 Å². The first-order chi connectivity index (χ1) is 6.69. The lowest BCUT2D eigenvalue weighted by Crippen LogP contribution is -1.99. The van der Waals surface area contributed by atoms with Gasteiger partial charge in [-0.2, -0.15) is 0 Å². The second-order valence-electron chi connectivity index (χ2n) is 2.41. The summed E-state index contributed by atoms with van der Waals surface area (Å²) in [7, 11) is 0. The van der Waals surface area contributed by atoms with Gasteiger partial charge in [-0.25, -0.2) is 4.98 Å². The number of thioether (sulfide) groups is 2. The molecule has 1 heterocycles. The molecule has 14 heavy (non-hydrogen) atoms. The van der Waals surface area contributed by atoms with Crippen molar-refractivity contribution in [2.24, 2.45) is 0 Å². The maximum absolute atomic E-state index is 11.5. The van der Waals surface area contributed by atoms with Gasteiger partial charge in [0.2, 0.25) is 5.12 Å². The topological polar surface area (TPSA) is 30.0 Å². The maximum Gasteiger partial charge on any atom is 0.238 e. The van der Waals surface area contributed by atoms with Crippen molar-refractivity contribution >= 4 is 44.6 Å². The van der Waals surface area contributed by atoms with Crippen molar-refractivity contribution in [3.05, 3.63) is 22.4 Å². The average Bonchev–Trinajstić information content (AvgIpc) is 2.20. The van der Waals surface area contributed by atoms with E-state index in [4.69, 9.17) is 0 Å². The van der Waals surface area contributed by atoms with E-state index in [0.717, 1.165) is 10.6 Å². The summed E-state index contributed by atoms with van der Waals surface area (Å²) in [5.74, 6) is 0.942. The number of carbonyl (C=O) groups is 1. The minimum Gasteiger partial charge on any atom is -0.280 e.